The van der Waals surface area contributed by atoms with Crippen LogP contribution in [0.15, 0.2) is 36.4 Å². The van der Waals surface area contributed by atoms with Crippen LogP contribution in [-0.2, 0) is 5.88 Å². The molecule has 0 unspecified atom stereocenters. The summed E-state index contributed by atoms with van der Waals surface area (Å²) >= 11 is 17.6. The van der Waals surface area contributed by atoms with Gasteiger partial charge < -0.3 is 0 Å². The summed E-state index contributed by atoms with van der Waals surface area (Å²) in [6.07, 6.45) is 0. The average molecular weight is 290 g/mol. The van der Waals surface area contributed by atoms with Crippen molar-refractivity contribution in [3.8, 4) is 11.1 Å². The Balaban J connectivity index is 2.67. The number of hydrogen-bond acceptors (Lipinski definition) is 0. The Bertz CT molecular complexity index is 532. The predicted octanol–water partition coefficient (Wildman–Crippen LogP) is 5.54. The van der Waals surface area contributed by atoms with Crippen LogP contribution in [0.1, 0.15) is 5.56 Å². The van der Waals surface area contributed by atoms with Crippen LogP contribution in [0.25, 0.3) is 11.1 Å². The molecule has 0 nitrogen and oxygen atoms in total. The molecule has 0 aliphatic rings. The lowest BCUT2D eigenvalue weighted by Crippen LogP contribution is -1.91. The molecule has 2 aromatic carbocycles. The molecule has 0 fully saturated rings. The van der Waals surface area contributed by atoms with Gasteiger partial charge in [-0.05, 0) is 35.4 Å². The van der Waals surface area contributed by atoms with E-state index in [-0.39, 0.29) is 11.7 Å². The summed E-state index contributed by atoms with van der Waals surface area (Å²) in [5.41, 5.74) is 1.80. The van der Waals surface area contributed by atoms with E-state index in [1.54, 1.807) is 30.3 Å². The molecule has 2 rings (SSSR count). The van der Waals surface area contributed by atoms with Gasteiger partial charge in [-0.15, -0.1) is 11.6 Å². The van der Waals surface area contributed by atoms with Crippen LogP contribution in [0.2, 0.25) is 10.0 Å². The van der Waals surface area contributed by atoms with Crippen molar-refractivity contribution in [2.45, 2.75) is 5.88 Å². The first-order valence-corrected chi connectivity index (χ1v) is 6.20. The van der Waals surface area contributed by atoms with Gasteiger partial charge in [-0.1, -0.05) is 35.3 Å². The van der Waals surface area contributed by atoms with Crippen LogP contribution < -0.4 is 0 Å². The van der Waals surface area contributed by atoms with E-state index < -0.39 is 0 Å². The van der Waals surface area contributed by atoms with Crippen LogP contribution >= 0.6 is 34.8 Å². The van der Waals surface area contributed by atoms with Gasteiger partial charge in [-0.25, -0.2) is 4.39 Å². The lowest BCUT2D eigenvalue weighted by Gasteiger charge is -2.09. The molecule has 2 aromatic rings. The first kappa shape index (κ1) is 12.7. The van der Waals surface area contributed by atoms with Crippen molar-refractivity contribution in [3.05, 3.63) is 57.8 Å². The van der Waals surface area contributed by atoms with E-state index in [0.717, 1.165) is 0 Å². The van der Waals surface area contributed by atoms with E-state index in [4.69, 9.17) is 34.8 Å². The van der Waals surface area contributed by atoms with Crippen molar-refractivity contribution in [2.24, 2.45) is 0 Å². The Morgan fingerprint density at radius 2 is 1.65 bits per heavy atom. The van der Waals surface area contributed by atoms with Crippen molar-refractivity contribution in [2.75, 3.05) is 0 Å². The highest BCUT2D eigenvalue weighted by Gasteiger charge is 2.11. The zero-order valence-corrected chi connectivity index (χ0v) is 11.0. The molecule has 0 N–H and O–H groups in total. The van der Waals surface area contributed by atoms with Gasteiger partial charge in [-0.3, -0.25) is 0 Å². The zero-order chi connectivity index (χ0) is 12.4. The summed E-state index contributed by atoms with van der Waals surface area (Å²) in [4.78, 5) is 0. The van der Waals surface area contributed by atoms with Crippen LogP contribution in [0.4, 0.5) is 4.39 Å². The van der Waals surface area contributed by atoms with Crippen molar-refractivity contribution < 1.29 is 4.39 Å². The van der Waals surface area contributed by atoms with E-state index in [0.29, 0.717) is 26.7 Å². The number of alkyl halides is 1. The lowest BCUT2D eigenvalue weighted by molar-refractivity contribution is 0.630. The van der Waals surface area contributed by atoms with Crippen LogP contribution in [0.5, 0.6) is 0 Å². The minimum atomic E-state index is -0.332. The van der Waals surface area contributed by atoms with Crippen molar-refractivity contribution >= 4 is 34.8 Å². The fraction of sp³-hybridized carbons (Fsp3) is 0.0769. The molecule has 0 radical (unpaired) electrons. The van der Waals surface area contributed by atoms with E-state index in [1.165, 1.54) is 6.07 Å². The van der Waals surface area contributed by atoms with Gasteiger partial charge in [0.1, 0.15) is 5.82 Å². The highest BCUT2D eigenvalue weighted by molar-refractivity contribution is 6.35. The van der Waals surface area contributed by atoms with Crippen molar-refractivity contribution in [3.63, 3.8) is 0 Å². The molecule has 17 heavy (non-hydrogen) atoms. The Morgan fingerprint density at radius 1 is 1.00 bits per heavy atom. The second-order valence-corrected chi connectivity index (χ2v) is 4.71. The molecule has 88 valence electrons. The maximum absolute atomic E-state index is 13.8. The SMILES string of the molecule is Fc1cccc(CCl)c1-c1cc(Cl)cc(Cl)c1. The molecule has 0 saturated carbocycles. The molecular weight excluding hydrogens is 282 g/mol. The molecule has 0 spiro atoms. The molecule has 0 heterocycles. The number of halogens is 4. The minimum Gasteiger partial charge on any atom is -0.206 e. The van der Waals surface area contributed by atoms with Crippen molar-refractivity contribution in [1.29, 1.82) is 0 Å². The monoisotopic (exact) mass is 288 g/mol. The van der Waals surface area contributed by atoms with Crippen LogP contribution in [0, 0.1) is 5.82 Å². The van der Waals surface area contributed by atoms with E-state index >= 15 is 0 Å². The number of rotatable bonds is 2. The smallest absolute Gasteiger partial charge is 0.131 e. The third-order valence-corrected chi connectivity index (χ3v) is 3.12. The third-order valence-electron chi connectivity index (χ3n) is 2.40. The third kappa shape index (κ3) is 2.74. The first-order chi connectivity index (χ1) is 8.11. The molecule has 0 amide bonds. The van der Waals surface area contributed by atoms with Crippen molar-refractivity contribution in [1.82, 2.24) is 0 Å². The van der Waals surface area contributed by atoms with E-state index in [2.05, 4.69) is 0 Å². The Hall–Kier alpha value is -0.760. The Labute approximate surface area is 114 Å². The standard InChI is InChI=1S/C13H8Cl3F/c14-7-8-2-1-3-12(17)13(8)9-4-10(15)6-11(16)5-9/h1-6H,7H2. The second kappa shape index (κ2) is 5.26. The lowest BCUT2D eigenvalue weighted by atomic mass is 10.00. The Kier molecular flexibility index (Phi) is 3.93. The number of hydrogen-bond donors (Lipinski definition) is 0. The summed E-state index contributed by atoms with van der Waals surface area (Å²) in [6, 6.07) is 9.74. The van der Waals surface area contributed by atoms with Gasteiger partial charge in [0, 0.05) is 21.5 Å². The quantitative estimate of drug-likeness (QED) is 0.637. The normalized spacial score (nSPS) is 10.6. The minimum absolute atomic E-state index is 0.233. The highest BCUT2D eigenvalue weighted by Crippen LogP contribution is 2.32. The van der Waals surface area contributed by atoms with Gasteiger partial charge in [0.05, 0.1) is 0 Å². The van der Waals surface area contributed by atoms with Gasteiger partial charge in [0.25, 0.3) is 0 Å². The summed E-state index contributed by atoms with van der Waals surface area (Å²) in [7, 11) is 0. The zero-order valence-electron chi connectivity index (χ0n) is 8.68. The summed E-state index contributed by atoms with van der Waals surface area (Å²) in [5, 5.41) is 0.938. The fourth-order valence-corrected chi connectivity index (χ4v) is 2.45. The van der Waals surface area contributed by atoms with Crippen LogP contribution in [-0.4, -0.2) is 0 Å². The fourth-order valence-electron chi connectivity index (χ4n) is 1.70. The molecule has 0 saturated heterocycles. The Morgan fingerprint density at radius 3 is 2.24 bits per heavy atom. The summed E-state index contributed by atoms with van der Waals surface area (Å²) < 4.78 is 13.8. The van der Waals surface area contributed by atoms with E-state index in [1.807, 2.05) is 0 Å². The molecule has 0 aromatic heterocycles. The summed E-state index contributed by atoms with van der Waals surface area (Å²) in [5.74, 6) is -0.0986. The molecule has 0 aliphatic carbocycles. The number of benzene rings is 2. The van der Waals surface area contributed by atoms with Gasteiger partial charge in [0.2, 0.25) is 0 Å². The van der Waals surface area contributed by atoms with Gasteiger partial charge in [-0.2, -0.15) is 0 Å². The van der Waals surface area contributed by atoms with Gasteiger partial charge >= 0.3 is 0 Å². The average Bonchev–Trinajstić information content (AvgIpc) is 2.27. The predicted molar refractivity (Wildman–Crippen MR) is 71.4 cm³/mol. The molecule has 0 atom stereocenters. The van der Waals surface area contributed by atoms with Gasteiger partial charge in [0.15, 0.2) is 0 Å². The second-order valence-electron chi connectivity index (χ2n) is 3.57. The molecule has 0 bridgehead atoms. The maximum atomic E-state index is 13.8. The van der Waals surface area contributed by atoms with Crippen LogP contribution in [0.3, 0.4) is 0 Å². The summed E-state index contributed by atoms with van der Waals surface area (Å²) in [6.45, 7) is 0. The molecule has 0 aliphatic heterocycles. The first-order valence-electron chi connectivity index (χ1n) is 4.91. The highest BCUT2D eigenvalue weighted by atomic mass is 35.5. The largest absolute Gasteiger partial charge is 0.206 e. The van der Waals surface area contributed by atoms with E-state index in [9.17, 15) is 4.39 Å². The maximum Gasteiger partial charge on any atom is 0.131 e. The topological polar surface area (TPSA) is 0 Å². The molecule has 4 heteroatoms. The molecular formula is C13H8Cl3F.